The minimum absolute atomic E-state index is 0.118. The van der Waals surface area contributed by atoms with Crippen molar-refractivity contribution < 1.29 is 38.7 Å². The monoisotopic (exact) mass is 438 g/mol. The fourth-order valence-electron chi connectivity index (χ4n) is 2.80. The summed E-state index contributed by atoms with van der Waals surface area (Å²) in [6, 6.07) is 9.26. The SMILES string of the molecule is CC(C)(C)C(=O)OC[C@@H]1O[C@H](O)[C@@H](OC(=O)C(C)(C)C)[C@H](OCc2ccccc2)[C@H]1O. The van der Waals surface area contributed by atoms with Crippen LogP contribution in [0.1, 0.15) is 47.1 Å². The minimum Gasteiger partial charge on any atom is -0.462 e. The highest BCUT2D eigenvalue weighted by Crippen LogP contribution is 2.29. The van der Waals surface area contributed by atoms with Crippen molar-refractivity contribution >= 4 is 11.9 Å². The van der Waals surface area contributed by atoms with Gasteiger partial charge in [-0.1, -0.05) is 30.3 Å². The van der Waals surface area contributed by atoms with Crippen molar-refractivity contribution in [2.75, 3.05) is 6.61 Å². The Morgan fingerprint density at radius 3 is 2.06 bits per heavy atom. The third-order valence-electron chi connectivity index (χ3n) is 4.77. The maximum Gasteiger partial charge on any atom is 0.311 e. The van der Waals surface area contributed by atoms with E-state index in [0.717, 1.165) is 5.56 Å². The number of aliphatic hydroxyl groups excluding tert-OH is 2. The lowest BCUT2D eigenvalue weighted by Gasteiger charge is -2.42. The molecular weight excluding hydrogens is 404 g/mol. The zero-order valence-electron chi connectivity index (χ0n) is 19.0. The van der Waals surface area contributed by atoms with Gasteiger partial charge in [0.05, 0.1) is 17.4 Å². The largest absolute Gasteiger partial charge is 0.462 e. The van der Waals surface area contributed by atoms with Crippen LogP contribution in [0.4, 0.5) is 0 Å². The van der Waals surface area contributed by atoms with Gasteiger partial charge in [-0.3, -0.25) is 9.59 Å². The Hall–Kier alpha value is -2.00. The molecule has 8 nitrogen and oxygen atoms in total. The van der Waals surface area contributed by atoms with Gasteiger partial charge < -0.3 is 29.2 Å². The summed E-state index contributed by atoms with van der Waals surface area (Å²) in [5.74, 6) is -1.04. The minimum atomic E-state index is -1.56. The van der Waals surface area contributed by atoms with E-state index in [4.69, 9.17) is 18.9 Å². The predicted molar refractivity (Wildman–Crippen MR) is 112 cm³/mol. The Morgan fingerprint density at radius 1 is 0.935 bits per heavy atom. The molecule has 1 aliphatic rings. The first-order valence-electron chi connectivity index (χ1n) is 10.4. The van der Waals surface area contributed by atoms with Crippen molar-refractivity contribution in [3.63, 3.8) is 0 Å². The van der Waals surface area contributed by atoms with Crippen molar-refractivity contribution in [2.24, 2.45) is 10.8 Å². The Bertz CT molecular complexity index is 734. The number of carbonyl (C=O) groups excluding carboxylic acids is 2. The molecule has 1 aromatic rings. The second kappa shape index (κ2) is 10.1. The van der Waals surface area contributed by atoms with E-state index in [9.17, 15) is 19.8 Å². The molecule has 0 aromatic heterocycles. The highest BCUT2D eigenvalue weighted by molar-refractivity contribution is 5.76. The Kier molecular flexibility index (Phi) is 8.21. The average Bonchev–Trinajstić information content (AvgIpc) is 2.68. The van der Waals surface area contributed by atoms with Crippen LogP contribution in [-0.4, -0.2) is 59.5 Å². The molecule has 31 heavy (non-hydrogen) atoms. The molecule has 0 spiro atoms. The molecule has 1 saturated heterocycles. The summed E-state index contributed by atoms with van der Waals surface area (Å²) in [6.45, 7) is 9.98. The molecule has 8 heteroatoms. The quantitative estimate of drug-likeness (QED) is 0.650. The van der Waals surface area contributed by atoms with Gasteiger partial charge in [0, 0.05) is 0 Å². The van der Waals surface area contributed by atoms with Crippen LogP contribution in [0.15, 0.2) is 30.3 Å². The van der Waals surface area contributed by atoms with Crippen molar-refractivity contribution in [2.45, 2.75) is 78.9 Å². The van der Waals surface area contributed by atoms with Gasteiger partial charge in [-0.2, -0.15) is 0 Å². The molecule has 0 saturated carbocycles. The standard InChI is InChI=1S/C23H34O8/c1-22(2,3)20(26)29-13-15-16(24)17(28-12-14-10-8-7-9-11-14)18(19(25)30-15)31-21(27)23(4,5)6/h7-11,15-19,24-25H,12-13H2,1-6H3/t15-,16-,17+,18-,19-/m0/s1. The Morgan fingerprint density at radius 2 is 1.52 bits per heavy atom. The van der Waals surface area contributed by atoms with Crippen LogP contribution in [0.5, 0.6) is 0 Å². The molecule has 0 unspecified atom stereocenters. The number of esters is 2. The van der Waals surface area contributed by atoms with Gasteiger partial charge in [0.2, 0.25) is 0 Å². The van der Waals surface area contributed by atoms with Gasteiger partial charge in [-0.05, 0) is 47.1 Å². The molecule has 1 aromatic carbocycles. The van der Waals surface area contributed by atoms with Gasteiger partial charge in [0.1, 0.15) is 24.9 Å². The average molecular weight is 439 g/mol. The molecule has 1 fully saturated rings. The fraction of sp³-hybridized carbons (Fsp3) is 0.652. The molecule has 2 N–H and O–H groups in total. The van der Waals surface area contributed by atoms with Crippen LogP contribution in [0.2, 0.25) is 0 Å². The van der Waals surface area contributed by atoms with Crippen LogP contribution in [0.25, 0.3) is 0 Å². The van der Waals surface area contributed by atoms with E-state index in [-0.39, 0.29) is 13.2 Å². The van der Waals surface area contributed by atoms with Gasteiger partial charge in [-0.15, -0.1) is 0 Å². The predicted octanol–water partition coefficient (Wildman–Crippen LogP) is 2.20. The highest BCUT2D eigenvalue weighted by Gasteiger charge is 2.49. The van der Waals surface area contributed by atoms with Crippen LogP contribution in [0, 0.1) is 10.8 Å². The number of hydrogen-bond donors (Lipinski definition) is 2. The maximum atomic E-state index is 12.4. The van der Waals surface area contributed by atoms with Gasteiger partial charge >= 0.3 is 11.9 Å². The van der Waals surface area contributed by atoms with Gasteiger partial charge in [0.15, 0.2) is 12.4 Å². The van der Waals surface area contributed by atoms with Crippen LogP contribution >= 0.6 is 0 Å². The van der Waals surface area contributed by atoms with E-state index in [2.05, 4.69) is 0 Å². The van der Waals surface area contributed by atoms with Crippen molar-refractivity contribution in [3.8, 4) is 0 Å². The molecule has 0 aliphatic carbocycles. The van der Waals surface area contributed by atoms with E-state index < -0.39 is 53.5 Å². The zero-order chi connectivity index (χ0) is 23.4. The molecular formula is C23H34O8. The molecule has 0 amide bonds. The number of hydrogen-bond acceptors (Lipinski definition) is 8. The van der Waals surface area contributed by atoms with Gasteiger partial charge in [-0.25, -0.2) is 0 Å². The lowest BCUT2D eigenvalue weighted by molar-refractivity contribution is -0.302. The molecule has 174 valence electrons. The second-order valence-corrected chi connectivity index (χ2v) is 9.79. The normalized spacial score (nSPS) is 26.9. The summed E-state index contributed by atoms with van der Waals surface area (Å²) in [5.41, 5.74) is -0.716. The number of rotatable bonds is 6. The molecule has 5 atom stereocenters. The smallest absolute Gasteiger partial charge is 0.311 e. The number of benzene rings is 1. The number of aliphatic hydroxyl groups is 2. The summed E-state index contributed by atoms with van der Waals surface area (Å²) in [6.07, 6.45) is -6.26. The second-order valence-electron chi connectivity index (χ2n) is 9.79. The van der Waals surface area contributed by atoms with Crippen molar-refractivity contribution in [1.82, 2.24) is 0 Å². The van der Waals surface area contributed by atoms with Crippen LogP contribution in [-0.2, 0) is 35.1 Å². The third-order valence-corrected chi connectivity index (χ3v) is 4.77. The van der Waals surface area contributed by atoms with Crippen LogP contribution in [0.3, 0.4) is 0 Å². The summed E-state index contributed by atoms with van der Waals surface area (Å²) >= 11 is 0. The summed E-state index contributed by atoms with van der Waals surface area (Å²) in [4.78, 5) is 24.5. The summed E-state index contributed by atoms with van der Waals surface area (Å²) < 4.78 is 22.0. The van der Waals surface area contributed by atoms with Crippen molar-refractivity contribution in [1.29, 1.82) is 0 Å². The molecule has 0 radical (unpaired) electrons. The topological polar surface area (TPSA) is 112 Å². The zero-order valence-corrected chi connectivity index (χ0v) is 19.0. The Balaban J connectivity index is 2.17. The van der Waals surface area contributed by atoms with Crippen molar-refractivity contribution in [3.05, 3.63) is 35.9 Å². The van der Waals surface area contributed by atoms with Gasteiger partial charge in [0.25, 0.3) is 0 Å². The summed E-state index contributed by atoms with van der Waals surface area (Å²) in [7, 11) is 0. The van der Waals surface area contributed by atoms with E-state index in [1.165, 1.54) is 0 Å². The fourth-order valence-corrected chi connectivity index (χ4v) is 2.80. The maximum absolute atomic E-state index is 12.4. The lowest BCUT2D eigenvalue weighted by atomic mass is 9.95. The van der Waals surface area contributed by atoms with E-state index >= 15 is 0 Å². The molecule has 1 aliphatic heterocycles. The number of carbonyl (C=O) groups is 2. The lowest BCUT2D eigenvalue weighted by Crippen LogP contribution is -2.61. The molecule has 2 rings (SSSR count). The van der Waals surface area contributed by atoms with E-state index in [1.807, 2.05) is 30.3 Å². The van der Waals surface area contributed by atoms with E-state index in [0.29, 0.717) is 0 Å². The Labute approximate surface area is 183 Å². The van der Waals surface area contributed by atoms with E-state index in [1.54, 1.807) is 41.5 Å². The summed E-state index contributed by atoms with van der Waals surface area (Å²) in [5, 5.41) is 21.4. The third kappa shape index (κ3) is 7.00. The molecule has 1 heterocycles. The first-order valence-corrected chi connectivity index (χ1v) is 10.4. The molecule has 0 bridgehead atoms. The highest BCUT2D eigenvalue weighted by atomic mass is 16.7. The first kappa shape index (κ1) is 25.3. The van der Waals surface area contributed by atoms with Crippen LogP contribution < -0.4 is 0 Å². The number of ether oxygens (including phenoxy) is 4. The first-order chi connectivity index (χ1) is 14.3.